The van der Waals surface area contributed by atoms with Crippen LogP contribution in [-0.4, -0.2) is 6.61 Å². The van der Waals surface area contributed by atoms with Crippen LogP contribution in [0.25, 0.3) is 0 Å². The van der Waals surface area contributed by atoms with Gasteiger partial charge in [0.05, 0.1) is 6.26 Å². The van der Waals surface area contributed by atoms with Gasteiger partial charge in [-0.2, -0.15) is 0 Å². The Kier molecular flexibility index (Phi) is 1.39. The second kappa shape index (κ2) is 2.29. The molecule has 1 aliphatic rings. The maximum atomic E-state index is 4.75. The van der Waals surface area contributed by atoms with Crippen molar-refractivity contribution in [3.8, 4) is 0 Å². The molecule has 0 aromatic rings. The van der Waals surface area contributed by atoms with E-state index in [0.717, 1.165) is 0 Å². The molecule has 2 heteroatoms. The lowest BCUT2D eigenvalue weighted by molar-refractivity contribution is 0.280. The largest absolute Gasteiger partial charge is 0.493 e. The zero-order valence-corrected chi connectivity index (χ0v) is 3.76. The van der Waals surface area contributed by atoms with Gasteiger partial charge in [0, 0.05) is 6.08 Å². The highest BCUT2D eigenvalue weighted by atomic mass is 16.5. The third kappa shape index (κ3) is 1.30. The fourth-order valence-corrected chi connectivity index (χ4v) is 0.289. The molecule has 0 aliphatic carbocycles. The summed E-state index contributed by atoms with van der Waals surface area (Å²) < 4.78 is 9.40. The van der Waals surface area contributed by atoms with Crippen molar-refractivity contribution in [2.24, 2.45) is 0 Å². The van der Waals surface area contributed by atoms with Gasteiger partial charge in [0.15, 0.2) is 0 Å². The summed E-state index contributed by atoms with van der Waals surface area (Å²) in [6, 6.07) is 0. The van der Waals surface area contributed by atoms with Gasteiger partial charge in [-0.1, -0.05) is 0 Å². The molecule has 0 saturated heterocycles. The van der Waals surface area contributed by atoms with Crippen molar-refractivity contribution in [1.29, 1.82) is 0 Å². The molecular formula is C5H5O2. The Morgan fingerprint density at radius 2 is 2.43 bits per heavy atom. The fourth-order valence-electron chi connectivity index (χ4n) is 0.289. The van der Waals surface area contributed by atoms with Gasteiger partial charge >= 0.3 is 0 Å². The average molecular weight is 97.1 g/mol. The highest BCUT2D eigenvalue weighted by molar-refractivity contribution is 4.74. The van der Waals surface area contributed by atoms with Crippen molar-refractivity contribution >= 4 is 0 Å². The van der Waals surface area contributed by atoms with Crippen molar-refractivity contribution in [1.82, 2.24) is 0 Å². The van der Waals surface area contributed by atoms with E-state index < -0.39 is 0 Å². The Morgan fingerprint density at radius 1 is 1.43 bits per heavy atom. The van der Waals surface area contributed by atoms with Crippen LogP contribution in [0.4, 0.5) is 0 Å². The molecule has 0 amide bonds. The predicted octanol–water partition coefficient (Wildman–Crippen LogP) is 0.821. The zero-order chi connectivity index (χ0) is 4.95. The summed E-state index contributed by atoms with van der Waals surface area (Å²) in [6.07, 6.45) is 7.12. The first kappa shape index (κ1) is 4.24. The van der Waals surface area contributed by atoms with E-state index in [2.05, 4.69) is 10.8 Å². The number of hydrogen-bond donors (Lipinski definition) is 0. The van der Waals surface area contributed by atoms with Gasteiger partial charge < -0.3 is 9.47 Å². The molecule has 0 spiro atoms. The molecule has 0 saturated carbocycles. The maximum absolute atomic E-state index is 4.75. The predicted molar refractivity (Wildman–Crippen MR) is 24.0 cm³/mol. The van der Waals surface area contributed by atoms with Crippen LogP contribution in [0.3, 0.4) is 0 Å². The first-order valence-electron chi connectivity index (χ1n) is 1.97. The van der Waals surface area contributed by atoms with E-state index in [9.17, 15) is 0 Å². The average Bonchev–Trinajstić information content (AvgIpc) is 1.90. The van der Waals surface area contributed by atoms with Crippen LogP contribution in [0.5, 0.6) is 0 Å². The Hall–Kier alpha value is -0.920. The Bertz CT molecular complexity index is 82.3. The molecule has 7 heavy (non-hydrogen) atoms. The van der Waals surface area contributed by atoms with Gasteiger partial charge in [0.2, 0.25) is 0 Å². The second-order valence-corrected chi connectivity index (χ2v) is 1.04. The molecule has 0 unspecified atom stereocenters. The Labute approximate surface area is 42.0 Å². The Balaban J connectivity index is 2.38. The fraction of sp³-hybridized carbons (Fsp3) is 0.200. The molecule has 37 valence electrons. The van der Waals surface area contributed by atoms with Gasteiger partial charge in [-0.05, 0) is 0 Å². The summed E-state index contributed by atoms with van der Waals surface area (Å²) >= 11 is 0. The SMILES string of the molecule is [C]1=COC=COC1. The van der Waals surface area contributed by atoms with Gasteiger partial charge in [-0.3, -0.25) is 0 Å². The van der Waals surface area contributed by atoms with Crippen LogP contribution in [0.1, 0.15) is 0 Å². The van der Waals surface area contributed by atoms with Gasteiger partial charge in [-0.25, -0.2) is 0 Å². The molecule has 1 rings (SSSR count). The third-order valence-electron chi connectivity index (χ3n) is 0.548. The lowest BCUT2D eigenvalue weighted by Crippen LogP contribution is -1.76. The van der Waals surface area contributed by atoms with Gasteiger partial charge in [-0.15, -0.1) is 0 Å². The molecule has 0 aromatic heterocycles. The van der Waals surface area contributed by atoms with E-state index >= 15 is 0 Å². The minimum absolute atomic E-state index is 0.483. The lowest BCUT2D eigenvalue weighted by Gasteiger charge is -1.84. The second-order valence-electron chi connectivity index (χ2n) is 1.04. The minimum atomic E-state index is 0.483. The topological polar surface area (TPSA) is 18.5 Å². The van der Waals surface area contributed by atoms with E-state index in [0.29, 0.717) is 6.61 Å². The molecule has 0 N–H and O–H groups in total. The highest BCUT2D eigenvalue weighted by Gasteiger charge is 1.79. The summed E-state index contributed by atoms with van der Waals surface area (Å²) in [7, 11) is 0. The summed E-state index contributed by atoms with van der Waals surface area (Å²) in [6.45, 7) is 0.483. The zero-order valence-electron chi connectivity index (χ0n) is 3.76. The normalized spacial score (nSPS) is 17.1. The lowest BCUT2D eigenvalue weighted by atomic mass is 10.7. The van der Waals surface area contributed by atoms with Crippen LogP contribution in [0.15, 0.2) is 18.8 Å². The van der Waals surface area contributed by atoms with Crippen molar-refractivity contribution in [3.63, 3.8) is 0 Å². The molecule has 1 heterocycles. The molecule has 2 nitrogen and oxygen atoms in total. The summed E-state index contributed by atoms with van der Waals surface area (Å²) in [4.78, 5) is 0. The first-order chi connectivity index (χ1) is 3.50. The van der Waals surface area contributed by atoms with Crippen LogP contribution in [-0.2, 0) is 9.47 Å². The van der Waals surface area contributed by atoms with Gasteiger partial charge in [0.1, 0.15) is 19.1 Å². The Morgan fingerprint density at radius 3 is 3.43 bits per heavy atom. The monoisotopic (exact) mass is 97.0 g/mol. The van der Waals surface area contributed by atoms with Crippen molar-refractivity contribution in [3.05, 3.63) is 24.9 Å². The van der Waals surface area contributed by atoms with E-state index in [-0.39, 0.29) is 0 Å². The van der Waals surface area contributed by atoms with Gasteiger partial charge in [0.25, 0.3) is 0 Å². The quantitative estimate of drug-likeness (QED) is 0.445. The molecule has 1 aliphatic heterocycles. The molecule has 0 atom stereocenters. The molecule has 0 bridgehead atoms. The number of ether oxygens (including phenoxy) is 2. The number of rotatable bonds is 0. The van der Waals surface area contributed by atoms with E-state index in [1.807, 2.05) is 0 Å². The standard InChI is InChI=1S/C5H5O2/c1-2-6-4-5-7-3-1/h2,4-5H,3H2. The molecule has 0 fully saturated rings. The summed E-state index contributed by atoms with van der Waals surface area (Å²) in [5.41, 5.74) is 0. The summed E-state index contributed by atoms with van der Waals surface area (Å²) in [5, 5.41) is 0. The highest BCUT2D eigenvalue weighted by Crippen LogP contribution is 1.87. The van der Waals surface area contributed by atoms with Crippen molar-refractivity contribution in [2.75, 3.05) is 6.61 Å². The molecule has 1 radical (unpaired) electrons. The van der Waals surface area contributed by atoms with Crippen LogP contribution < -0.4 is 0 Å². The van der Waals surface area contributed by atoms with Crippen LogP contribution in [0, 0.1) is 6.08 Å². The van der Waals surface area contributed by atoms with Crippen LogP contribution >= 0.6 is 0 Å². The van der Waals surface area contributed by atoms with E-state index in [1.165, 1.54) is 18.8 Å². The van der Waals surface area contributed by atoms with E-state index in [1.54, 1.807) is 0 Å². The molecule has 0 aromatic carbocycles. The number of hydrogen-bond acceptors (Lipinski definition) is 2. The first-order valence-corrected chi connectivity index (χ1v) is 1.97. The maximum Gasteiger partial charge on any atom is 0.125 e. The third-order valence-corrected chi connectivity index (χ3v) is 0.548. The van der Waals surface area contributed by atoms with Crippen LogP contribution in [0.2, 0.25) is 0 Å². The van der Waals surface area contributed by atoms with E-state index in [4.69, 9.17) is 4.74 Å². The molecular weight excluding hydrogens is 92.1 g/mol. The summed E-state index contributed by atoms with van der Waals surface area (Å²) in [5.74, 6) is 0. The smallest absolute Gasteiger partial charge is 0.125 e. The van der Waals surface area contributed by atoms with Crippen molar-refractivity contribution < 1.29 is 9.47 Å². The van der Waals surface area contributed by atoms with Crippen molar-refractivity contribution in [2.45, 2.75) is 0 Å². The minimum Gasteiger partial charge on any atom is -0.493 e.